The maximum Gasteiger partial charge on any atom is 0.148 e. The molecule has 2 aromatic rings. The van der Waals surface area contributed by atoms with Crippen molar-refractivity contribution in [1.82, 2.24) is 20.1 Å². The van der Waals surface area contributed by atoms with Crippen LogP contribution in [0, 0.1) is 20.8 Å². The topological polar surface area (TPSA) is 42.7 Å². The second-order valence-corrected chi connectivity index (χ2v) is 5.38. The third-order valence-corrected chi connectivity index (χ3v) is 3.60. The van der Waals surface area contributed by atoms with Crippen LogP contribution >= 0.6 is 0 Å². The van der Waals surface area contributed by atoms with Crippen LogP contribution in [0.5, 0.6) is 0 Å². The van der Waals surface area contributed by atoms with Gasteiger partial charge in [-0.15, -0.1) is 0 Å². The average molecular weight is 256 g/mol. The van der Waals surface area contributed by atoms with Gasteiger partial charge in [0, 0.05) is 12.6 Å². The monoisotopic (exact) mass is 256 g/mol. The minimum atomic E-state index is 0.749. The zero-order valence-corrected chi connectivity index (χ0v) is 11.8. The molecule has 1 aliphatic carbocycles. The number of nitrogens with zero attached hydrogens (tertiary/aromatic N) is 3. The maximum atomic E-state index is 4.43. The van der Waals surface area contributed by atoms with Crippen molar-refractivity contribution in [3.63, 3.8) is 0 Å². The van der Waals surface area contributed by atoms with E-state index in [-0.39, 0.29) is 0 Å². The molecule has 0 atom stereocenters. The Morgan fingerprint density at radius 3 is 2.63 bits per heavy atom. The van der Waals surface area contributed by atoms with Gasteiger partial charge in [-0.05, 0) is 56.9 Å². The molecular weight excluding hydrogens is 236 g/mol. The summed E-state index contributed by atoms with van der Waals surface area (Å²) in [6.07, 6.45) is 2.66. The van der Waals surface area contributed by atoms with Crippen LogP contribution in [0.1, 0.15) is 35.6 Å². The first-order chi connectivity index (χ1) is 9.13. The van der Waals surface area contributed by atoms with Crippen LogP contribution < -0.4 is 5.32 Å². The molecule has 0 aliphatic heterocycles. The van der Waals surface area contributed by atoms with E-state index in [2.05, 4.69) is 40.5 Å². The summed E-state index contributed by atoms with van der Waals surface area (Å²) in [5, 5.41) is 7.98. The molecular formula is C15H20N4. The molecule has 19 heavy (non-hydrogen) atoms. The zero-order valence-electron chi connectivity index (χ0n) is 11.8. The van der Waals surface area contributed by atoms with Gasteiger partial charge in [0.25, 0.3) is 0 Å². The normalized spacial score (nSPS) is 14.9. The van der Waals surface area contributed by atoms with E-state index in [1.807, 2.05) is 18.5 Å². The van der Waals surface area contributed by atoms with E-state index >= 15 is 0 Å². The van der Waals surface area contributed by atoms with Crippen LogP contribution in [-0.4, -0.2) is 20.8 Å². The lowest BCUT2D eigenvalue weighted by atomic mass is 10.1. The van der Waals surface area contributed by atoms with E-state index in [1.54, 1.807) is 0 Å². The van der Waals surface area contributed by atoms with E-state index < -0.39 is 0 Å². The van der Waals surface area contributed by atoms with Crippen LogP contribution in [-0.2, 0) is 6.54 Å². The van der Waals surface area contributed by atoms with Crippen molar-refractivity contribution >= 4 is 0 Å². The van der Waals surface area contributed by atoms with Crippen LogP contribution in [0.15, 0.2) is 18.2 Å². The second kappa shape index (κ2) is 4.78. The van der Waals surface area contributed by atoms with Crippen LogP contribution in [0.25, 0.3) is 5.69 Å². The Hall–Kier alpha value is -1.68. The first-order valence-electron chi connectivity index (χ1n) is 6.87. The second-order valence-electron chi connectivity index (χ2n) is 5.38. The quantitative estimate of drug-likeness (QED) is 0.913. The number of nitrogens with one attached hydrogen (secondary N) is 1. The van der Waals surface area contributed by atoms with E-state index in [1.165, 1.54) is 24.0 Å². The smallest absolute Gasteiger partial charge is 0.148 e. The van der Waals surface area contributed by atoms with Gasteiger partial charge in [0.1, 0.15) is 11.6 Å². The first-order valence-corrected chi connectivity index (χ1v) is 6.87. The highest BCUT2D eigenvalue weighted by Crippen LogP contribution is 2.21. The van der Waals surface area contributed by atoms with Crippen molar-refractivity contribution in [1.29, 1.82) is 0 Å². The fourth-order valence-electron chi connectivity index (χ4n) is 2.32. The van der Waals surface area contributed by atoms with Gasteiger partial charge in [-0.1, -0.05) is 6.07 Å². The highest BCUT2D eigenvalue weighted by molar-refractivity contribution is 5.40. The van der Waals surface area contributed by atoms with Gasteiger partial charge in [-0.2, -0.15) is 5.10 Å². The molecule has 0 spiro atoms. The molecule has 1 aliphatic rings. The number of benzene rings is 1. The number of rotatable bonds is 4. The summed E-state index contributed by atoms with van der Waals surface area (Å²) in [5.74, 6) is 1.75. The van der Waals surface area contributed by atoms with Crippen molar-refractivity contribution in [3.8, 4) is 5.69 Å². The summed E-state index contributed by atoms with van der Waals surface area (Å²) in [7, 11) is 0. The minimum Gasteiger partial charge on any atom is -0.310 e. The van der Waals surface area contributed by atoms with Gasteiger partial charge in [0.15, 0.2) is 0 Å². The fourth-order valence-corrected chi connectivity index (χ4v) is 2.32. The minimum absolute atomic E-state index is 0.749. The highest BCUT2D eigenvalue weighted by Gasteiger charge is 2.20. The molecule has 4 heteroatoms. The summed E-state index contributed by atoms with van der Waals surface area (Å²) in [6.45, 7) is 7.03. The van der Waals surface area contributed by atoms with Crippen molar-refractivity contribution in [3.05, 3.63) is 41.0 Å². The van der Waals surface area contributed by atoms with Crippen LogP contribution in [0.3, 0.4) is 0 Å². The van der Waals surface area contributed by atoms with Crippen molar-refractivity contribution in [2.45, 2.75) is 46.2 Å². The van der Waals surface area contributed by atoms with Gasteiger partial charge in [0.2, 0.25) is 0 Å². The predicted molar refractivity (Wildman–Crippen MR) is 75.4 cm³/mol. The lowest BCUT2D eigenvalue weighted by Crippen LogP contribution is -2.16. The fraction of sp³-hybridized carbons (Fsp3) is 0.467. The highest BCUT2D eigenvalue weighted by atomic mass is 15.3. The molecule has 100 valence electrons. The number of aryl methyl sites for hydroxylation is 3. The Bertz CT molecular complexity index is 596. The third kappa shape index (κ3) is 2.68. The lowest BCUT2D eigenvalue weighted by Gasteiger charge is -2.10. The Morgan fingerprint density at radius 1 is 1.26 bits per heavy atom. The first kappa shape index (κ1) is 12.4. The molecule has 1 aromatic heterocycles. The molecule has 4 nitrogen and oxygen atoms in total. The van der Waals surface area contributed by atoms with Crippen molar-refractivity contribution < 1.29 is 0 Å². The molecule has 1 saturated carbocycles. The standard InChI is InChI=1S/C15H20N4/c1-10-8-15(19-12(3)17-11(2)18-19)7-4-13(10)9-16-14-5-6-14/h4,7-8,14,16H,5-6,9H2,1-3H3. The van der Waals surface area contributed by atoms with Crippen molar-refractivity contribution in [2.24, 2.45) is 0 Å². The average Bonchev–Trinajstić information content (AvgIpc) is 3.12. The molecule has 0 radical (unpaired) electrons. The number of hydrogen-bond donors (Lipinski definition) is 1. The summed E-state index contributed by atoms with van der Waals surface area (Å²) in [4.78, 5) is 4.35. The largest absolute Gasteiger partial charge is 0.310 e. The van der Waals surface area contributed by atoms with Gasteiger partial charge in [-0.3, -0.25) is 0 Å². The molecule has 0 saturated heterocycles. The zero-order chi connectivity index (χ0) is 13.4. The molecule has 0 amide bonds. The predicted octanol–water partition coefficient (Wildman–Crippen LogP) is 2.44. The summed E-state index contributed by atoms with van der Waals surface area (Å²) in [5.41, 5.74) is 3.76. The Kier molecular flexibility index (Phi) is 3.11. The third-order valence-electron chi connectivity index (χ3n) is 3.60. The molecule has 0 unspecified atom stereocenters. The summed E-state index contributed by atoms with van der Waals surface area (Å²) >= 11 is 0. The molecule has 1 fully saturated rings. The maximum absolute atomic E-state index is 4.43. The van der Waals surface area contributed by atoms with Gasteiger partial charge >= 0.3 is 0 Å². The summed E-state index contributed by atoms with van der Waals surface area (Å²) in [6, 6.07) is 7.25. The van der Waals surface area contributed by atoms with E-state index in [0.717, 1.165) is 29.9 Å². The van der Waals surface area contributed by atoms with E-state index in [9.17, 15) is 0 Å². The molecule has 1 N–H and O–H groups in total. The van der Waals surface area contributed by atoms with Gasteiger partial charge in [0.05, 0.1) is 5.69 Å². The molecule has 1 heterocycles. The molecule has 1 aromatic carbocycles. The number of hydrogen-bond acceptors (Lipinski definition) is 3. The Morgan fingerprint density at radius 2 is 2.05 bits per heavy atom. The van der Waals surface area contributed by atoms with Gasteiger partial charge < -0.3 is 5.32 Å². The van der Waals surface area contributed by atoms with E-state index in [4.69, 9.17) is 0 Å². The lowest BCUT2D eigenvalue weighted by molar-refractivity contribution is 0.684. The summed E-state index contributed by atoms with van der Waals surface area (Å²) < 4.78 is 1.90. The van der Waals surface area contributed by atoms with Crippen molar-refractivity contribution in [2.75, 3.05) is 0 Å². The van der Waals surface area contributed by atoms with Gasteiger partial charge in [-0.25, -0.2) is 9.67 Å². The molecule has 3 rings (SSSR count). The Balaban J connectivity index is 1.83. The molecule has 0 bridgehead atoms. The van der Waals surface area contributed by atoms with Crippen LogP contribution in [0.4, 0.5) is 0 Å². The van der Waals surface area contributed by atoms with E-state index in [0.29, 0.717) is 0 Å². The van der Waals surface area contributed by atoms with Crippen LogP contribution in [0.2, 0.25) is 0 Å². The number of aromatic nitrogens is 3. The Labute approximate surface area is 113 Å². The SMILES string of the molecule is Cc1nc(C)n(-c2ccc(CNC3CC3)c(C)c2)n1.